The maximum atomic E-state index is 13.1. The van der Waals surface area contributed by atoms with E-state index in [2.05, 4.69) is 5.10 Å². The third-order valence-electron chi connectivity index (χ3n) is 4.75. The van der Waals surface area contributed by atoms with Crippen LogP contribution in [0.25, 0.3) is 16.9 Å². The predicted molar refractivity (Wildman–Crippen MR) is 115 cm³/mol. The van der Waals surface area contributed by atoms with Gasteiger partial charge in [-0.2, -0.15) is 9.40 Å². The van der Waals surface area contributed by atoms with Gasteiger partial charge in [-0.05, 0) is 30.3 Å². The van der Waals surface area contributed by atoms with E-state index in [0.717, 1.165) is 10.4 Å². The van der Waals surface area contributed by atoms with Gasteiger partial charge in [0.15, 0.2) is 0 Å². The molecule has 0 aliphatic carbocycles. The van der Waals surface area contributed by atoms with Crippen molar-refractivity contribution in [3.05, 3.63) is 77.8 Å². The van der Waals surface area contributed by atoms with Crippen molar-refractivity contribution in [2.45, 2.75) is 11.4 Å². The van der Waals surface area contributed by atoms with Crippen molar-refractivity contribution < 1.29 is 23.0 Å². The lowest BCUT2D eigenvalue weighted by Crippen LogP contribution is -2.26. The van der Waals surface area contributed by atoms with Crippen molar-refractivity contribution in [1.82, 2.24) is 14.1 Å². The minimum atomic E-state index is -4.09. The van der Waals surface area contributed by atoms with Gasteiger partial charge >= 0.3 is 0 Å². The molecule has 0 radical (unpaired) electrons. The molecule has 0 spiro atoms. The highest BCUT2D eigenvalue weighted by Gasteiger charge is 2.27. The largest absolute Gasteiger partial charge is 0.507 e. The molecule has 4 rings (SSSR count). The van der Waals surface area contributed by atoms with Crippen molar-refractivity contribution in [1.29, 1.82) is 0 Å². The number of phenols is 2. The number of sulfonamides is 1. The molecule has 0 unspecified atom stereocenters. The second kappa shape index (κ2) is 8.10. The Morgan fingerprint density at radius 3 is 2.61 bits per heavy atom. The second-order valence-electron chi connectivity index (χ2n) is 6.81. The second-order valence-corrected chi connectivity index (χ2v) is 9.23. The number of benzene rings is 2. The lowest BCUT2D eigenvalue weighted by Gasteiger charge is -2.18. The van der Waals surface area contributed by atoms with Crippen LogP contribution in [0.4, 0.5) is 0 Å². The quantitative estimate of drug-likeness (QED) is 0.450. The third-order valence-corrected chi connectivity index (χ3v) is 6.90. The highest BCUT2D eigenvalue weighted by atomic mass is 35.5. The van der Waals surface area contributed by atoms with Crippen LogP contribution in [0.15, 0.2) is 76.6 Å². The molecule has 2 heterocycles. The number of halogens is 1. The van der Waals surface area contributed by atoms with Gasteiger partial charge in [-0.25, -0.2) is 13.1 Å². The zero-order valence-corrected chi connectivity index (χ0v) is 17.9. The van der Waals surface area contributed by atoms with E-state index in [1.807, 2.05) is 0 Å². The molecule has 4 aromatic rings. The van der Waals surface area contributed by atoms with E-state index < -0.39 is 15.8 Å². The van der Waals surface area contributed by atoms with E-state index in [1.54, 1.807) is 36.4 Å². The Labute approximate surface area is 183 Å². The zero-order chi connectivity index (χ0) is 22.2. The summed E-state index contributed by atoms with van der Waals surface area (Å²) in [6.45, 7) is 0.0477. The smallest absolute Gasteiger partial charge is 0.246 e. The summed E-state index contributed by atoms with van der Waals surface area (Å²) in [5.41, 5.74) is 1.78. The van der Waals surface area contributed by atoms with Gasteiger partial charge in [-0.3, -0.25) is 0 Å². The van der Waals surface area contributed by atoms with E-state index in [4.69, 9.17) is 16.0 Å². The molecular weight excluding hydrogens is 442 g/mol. The molecule has 2 aromatic carbocycles. The SMILES string of the molecule is CN(Cc1ccoc1)S(=O)(=O)c1cc(-c2ccnn2-c2ccccc2Cl)c(O)cc1O. The van der Waals surface area contributed by atoms with Gasteiger partial charge in [0, 0.05) is 30.8 Å². The fourth-order valence-corrected chi connectivity index (χ4v) is 4.65. The fourth-order valence-electron chi connectivity index (χ4n) is 3.18. The molecule has 31 heavy (non-hydrogen) atoms. The van der Waals surface area contributed by atoms with Crippen LogP contribution < -0.4 is 0 Å². The molecule has 0 atom stereocenters. The van der Waals surface area contributed by atoms with Crippen molar-refractivity contribution in [3.8, 4) is 28.4 Å². The first kappa shape index (κ1) is 21.0. The topological polar surface area (TPSA) is 109 Å². The number of furan rings is 1. The number of rotatable bonds is 6. The first-order valence-corrected chi connectivity index (χ1v) is 10.9. The average Bonchev–Trinajstić information content (AvgIpc) is 3.40. The van der Waals surface area contributed by atoms with Crippen LogP contribution in [0.3, 0.4) is 0 Å². The van der Waals surface area contributed by atoms with Crippen molar-refractivity contribution in [2.24, 2.45) is 0 Å². The summed E-state index contributed by atoms with van der Waals surface area (Å²) in [6.07, 6.45) is 4.39. The van der Waals surface area contributed by atoms with E-state index >= 15 is 0 Å². The maximum absolute atomic E-state index is 13.1. The molecule has 0 aliphatic heterocycles. The Morgan fingerprint density at radius 2 is 1.90 bits per heavy atom. The normalized spacial score (nSPS) is 11.8. The fraction of sp³-hybridized carbons (Fsp3) is 0.0952. The first-order valence-electron chi connectivity index (χ1n) is 9.11. The van der Waals surface area contributed by atoms with Crippen LogP contribution in [-0.2, 0) is 16.6 Å². The van der Waals surface area contributed by atoms with Crippen LogP contribution in [0, 0.1) is 0 Å². The number of aromatic hydroxyl groups is 2. The summed E-state index contributed by atoms with van der Waals surface area (Å²) in [5.74, 6) is -0.869. The number of nitrogens with zero attached hydrogens (tertiary/aromatic N) is 3. The van der Waals surface area contributed by atoms with Crippen molar-refractivity contribution in [3.63, 3.8) is 0 Å². The van der Waals surface area contributed by atoms with Gasteiger partial charge < -0.3 is 14.6 Å². The Balaban J connectivity index is 1.80. The summed E-state index contributed by atoms with van der Waals surface area (Å²) in [6, 6.07) is 12.5. The number of hydrogen-bond donors (Lipinski definition) is 2. The number of para-hydroxylation sites is 1. The van der Waals surface area contributed by atoms with Crippen LogP contribution in [0.5, 0.6) is 11.5 Å². The Hall–Kier alpha value is -3.27. The van der Waals surface area contributed by atoms with Gasteiger partial charge in [0.25, 0.3) is 0 Å². The lowest BCUT2D eigenvalue weighted by molar-refractivity contribution is 0.429. The molecular formula is C21H18ClN3O5S. The molecule has 160 valence electrons. The lowest BCUT2D eigenvalue weighted by atomic mass is 10.1. The molecule has 2 N–H and O–H groups in total. The minimum absolute atomic E-state index is 0.0477. The third kappa shape index (κ3) is 3.90. The summed E-state index contributed by atoms with van der Waals surface area (Å²) < 4.78 is 33.8. The summed E-state index contributed by atoms with van der Waals surface area (Å²) >= 11 is 6.28. The molecule has 8 nitrogen and oxygen atoms in total. The van der Waals surface area contributed by atoms with Crippen molar-refractivity contribution >= 4 is 21.6 Å². The van der Waals surface area contributed by atoms with E-state index in [9.17, 15) is 18.6 Å². The first-order chi connectivity index (χ1) is 14.8. The van der Waals surface area contributed by atoms with Gasteiger partial charge in [0.2, 0.25) is 10.0 Å². The zero-order valence-electron chi connectivity index (χ0n) is 16.3. The van der Waals surface area contributed by atoms with Gasteiger partial charge in [0.05, 0.1) is 35.1 Å². The maximum Gasteiger partial charge on any atom is 0.246 e. The minimum Gasteiger partial charge on any atom is -0.507 e. The van der Waals surface area contributed by atoms with E-state index in [1.165, 1.54) is 36.5 Å². The highest BCUT2D eigenvalue weighted by molar-refractivity contribution is 7.89. The standard InChI is InChI=1S/C21H18ClN3O5S/c1-24(12-14-7-9-30-13-14)31(28,29)21-10-15(19(26)11-20(21)27)17-6-8-23-25(17)18-5-3-2-4-16(18)22/h2-11,13,26-27H,12H2,1H3. The number of hydrogen-bond acceptors (Lipinski definition) is 6. The monoisotopic (exact) mass is 459 g/mol. The molecule has 0 bridgehead atoms. The van der Waals surface area contributed by atoms with E-state index in [0.29, 0.717) is 22.0 Å². The predicted octanol–water partition coefficient (Wildman–Crippen LogP) is 4.02. The Kier molecular flexibility index (Phi) is 5.48. The van der Waals surface area contributed by atoms with Crippen LogP contribution >= 0.6 is 11.6 Å². The number of phenolic OH excluding ortho intramolecular Hbond substituents is 2. The Morgan fingerprint density at radius 1 is 1.13 bits per heavy atom. The molecule has 0 fully saturated rings. The Bertz CT molecular complexity index is 1330. The van der Waals surface area contributed by atoms with E-state index in [-0.39, 0.29) is 22.8 Å². The van der Waals surface area contributed by atoms with Crippen LogP contribution in [0.1, 0.15) is 5.56 Å². The summed E-state index contributed by atoms with van der Waals surface area (Å²) in [7, 11) is -2.70. The van der Waals surface area contributed by atoms with Gasteiger partial charge in [0.1, 0.15) is 16.4 Å². The average molecular weight is 460 g/mol. The molecule has 0 amide bonds. The van der Waals surface area contributed by atoms with Crippen LogP contribution in [0.2, 0.25) is 5.02 Å². The summed E-state index contributed by atoms with van der Waals surface area (Å²) in [5, 5.41) is 25.5. The molecule has 10 heteroatoms. The number of aromatic nitrogens is 2. The molecule has 0 saturated carbocycles. The van der Waals surface area contributed by atoms with Crippen LogP contribution in [-0.4, -0.2) is 39.8 Å². The summed E-state index contributed by atoms with van der Waals surface area (Å²) in [4.78, 5) is -0.349. The molecule has 2 aromatic heterocycles. The van der Waals surface area contributed by atoms with Gasteiger partial charge in [-0.1, -0.05) is 23.7 Å². The highest BCUT2D eigenvalue weighted by Crippen LogP contribution is 2.39. The van der Waals surface area contributed by atoms with Crippen molar-refractivity contribution in [2.75, 3.05) is 7.05 Å². The molecule has 0 saturated heterocycles. The van der Waals surface area contributed by atoms with Gasteiger partial charge in [-0.15, -0.1) is 0 Å². The molecule has 0 aliphatic rings.